The molecule has 8 rings (SSSR count). The molecular formula is C48H54Cl3NO9. The Morgan fingerprint density at radius 3 is 2.49 bits per heavy atom. The zero-order valence-corrected chi connectivity index (χ0v) is 37.4. The third-order valence-corrected chi connectivity index (χ3v) is 15.2. The molecule has 0 radical (unpaired) electrons. The van der Waals surface area contributed by atoms with E-state index in [4.69, 9.17) is 42.2 Å². The van der Waals surface area contributed by atoms with E-state index in [-0.39, 0.29) is 66.2 Å². The van der Waals surface area contributed by atoms with Gasteiger partial charge in [-0.25, -0.2) is 4.79 Å². The van der Waals surface area contributed by atoms with Crippen molar-refractivity contribution in [3.8, 4) is 5.75 Å². The highest BCUT2D eigenvalue weighted by Crippen LogP contribution is 2.72. The fraction of sp³-hybridized carbons (Fsp3) is 0.458. The molecule has 0 unspecified atom stereocenters. The first-order valence-corrected chi connectivity index (χ1v) is 21.5. The number of benzene rings is 2. The maximum atomic E-state index is 13.6. The topological polar surface area (TPSA) is 144 Å². The van der Waals surface area contributed by atoms with Gasteiger partial charge in [0.25, 0.3) is 0 Å². The van der Waals surface area contributed by atoms with Crippen LogP contribution in [0.4, 0.5) is 0 Å². The Hall–Kier alpha value is -4.19. The van der Waals surface area contributed by atoms with E-state index in [0.717, 1.165) is 52.1 Å². The molecule has 3 aromatic rings. The number of nitrogens with zero attached hydrogens (tertiary/aromatic N) is 1. The molecule has 2 heterocycles. The van der Waals surface area contributed by atoms with Gasteiger partial charge < -0.3 is 29.0 Å². The minimum atomic E-state index is -1.53. The minimum absolute atomic E-state index is 0. The Kier molecular flexibility index (Phi) is 13.6. The van der Waals surface area contributed by atoms with Crippen molar-refractivity contribution in [2.45, 2.75) is 82.5 Å². The second-order valence-corrected chi connectivity index (χ2v) is 18.5. The summed E-state index contributed by atoms with van der Waals surface area (Å²) in [7, 11) is 4.11. The first-order chi connectivity index (χ1) is 28.5. The molecule has 3 fully saturated rings. The van der Waals surface area contributed by atoms with Gasteiger partial charge in [-0.3, -0.25) is 14.4 Å². The summed E-state index contributed by atoms with van der Waals surface area (Å²) in [4.78, 5) is 50.9. The molecule has 3 saturated carbocycles. The van der Waals surface area contributed by atoms with E-state index in [1.54, 1.807) is 12.1 Å². The number of carboxylic acid groups (broad SMARTS) is 1. The first-order valence-electron chi connectivity index (χ1n) is 20.6. The maximum absolute atomic E-state index is 13.6. The number of hydrogen-bond acceptors (Lipinski definition) is 9. The number of aliphatic hydroxyl groups is 1. The number of ether oxygens (including phenoxy) is 2. The smallest absolute Gasteiger partial charge is 0.375 e. The zero-order chi connectivity index (χ0) is 43.2. The second-order valence-electron chi connectivity index (χ2n) is 17.6. The average Bonchev–Trinajstić information content (AvgIpc) is 3.78. The molecule has 326 valence electrons. The number of rotatable bonds is 9. The third-order valence-electron chi connectivity index (χ3n) is 14.0. The Bertz CT molecular complexity index is 2270. The third kappa shape index (κ3) is 7.92. The van der Waals surface area contributed by atoms with Gasteiger partial charge in [-0.15, -0.1) is 35.6 Å². The van der Waals surface area contributed by atoms with E-state index in [1.165, 1.54) is 18.4 Å². The van der Waals surface area contributed by atoms with Crippen LogP contribution in [0.5, 0.6) is 5.75 Å². The summed E-state index contributed by atoms with van der Waals surface area (Å²) in [5.41, 5.74) is 2.99. The van der Waals surface area contributed by atoms with Crippen LogP contribution in [0, 0.1) is 28.6 Å². The van der Waals surface area contributed by atoms with Crippen LogP contribution >= 0.6 is 35.6 Å². The summed E-state index contributed by atoms with van der Waals surface area (Å²) in [5, 5.41) is 20.9. The molecule has 10 nitrogen and oxygen atoms in total. The average molecular weight is 895 g/mol. The lowest BCUT2D eigenvalue weighted by atomic mass is 9.45. The van der Waals surface area contributed by atoms with Gasteiger partial charge in [-0.05, 0) is 117 Å². The predicted molar refractivity (Wildman–Crippen MR) is 236 cm³/mol. The van der Waals surface area contributed by atoms with E-state index in [2.05, 4.69) is 37.2 Å². The van der Waals surface area contributed by atoms with Crippen molar-refractivity contribution >= 4 is 64.7 Å². The van der Waals surface area contributed by atoms with Gasteiger partial charge >= 0.3 is 11.9 Å². The highest BCUT2D eigenvalue weighted by molar-refractivity contribution is 6.29. The number of allylic oxidation sites excluding steroid dienone is 4. The normalized spacial score (nSPS) is 31.3. The molecule has 0 saturated heterocycles. The molecule has 61 heavy (non-hydrogen) atoms. The molecule has 5 aliphatic rings. The van der Waals surface area contributed by atoms with Crippen LogP contribution in [0.1, 0.15) is 85.7 Å². The van der Waals surface area contributed by atoms with E-state index < -0.39 is 39.3 Å². The summed E-state index contributed by atoms with van der Waals surface area (Å²) in [6.45, 7) is 7.29. The lowest BCUT2D eigenvalue weighted by Crippen LogP contribution is -2.69. The summed E-state index contributed by atoms with van der Waals surface area (Å²) in [6.07, 6.45) is 10.6. The molecule has 1 aliphatic heterocycles. The number of furan rings is 1. The molecule has 1 aromatic heterocycles. The van der Waals surface area contributed by atoms with Gasteiger partial charge in [0.1, 0.15) is 12.4 Å². The van der Waals surface area contributed by atoms with Crippen molar-refractivity contribution in [1.82, 2.24) is 4.90 Å². The second kappa shape index (κ2) is 17.9. The molecule has 2 aromatic carbocycles. The van der Waals surface area contributed by atoms with Gasteiger partial charge in [0.15, 0.2) is 17.2 Å². The van der Waals surface area contributed by atoms with Crippen molar-refractivity contribution < 1.29 is 43.3 Å². The van der Waals surface area contributed by atoms with Crippen LogP contribution in [-0.4, -0.2) is 81.7 Å². The summed E-state index contributed by atoms with van der Waals surface area (Å²) in [6, 6.07) is 17.0. The van der Waals surface area contributed by atoms with Crippen LogP contribution in [-0.2, 0) is 32.1 Å². The Morgan fingerprint density at radius 1 is 1.05 bits per heavy atom. The van der Waals surface area contributed by atoms with Crippen molar-refractivity contribution in [1.29, 1.82) is 0 Å². The van der Waals surface area contributed by atoms with Crippen molar-refractivity contribution in [2.24, 2.45) is 28.6 Å². The maximum Gasteiger partial charge on any atom is 0.375 e. The van der Waals surface area contributed by atoms with Gasteiger partial charge in [0, 0.05) is 28.9 Å². The summed E-state index contributed by atoms with van der Waals surface area (Å²) >= 11 is 13.6. The van der Waals surface area contributed by atoms with Crippen molar-refractivity contribution in [2.75, 3.05) is 26.5 Å². The lowest BCUT2D eigenvalue weighted by molar-refractivity contribution is -0.177. The summed E-state index contributed by atoms with van der Waals surface area (Å²) < 4.78 is 17.3. The molecule has 0 bridgehead atoms. The van der Waals surface area contributed by atoms with Crippen molar-refractivity contribution in [3.63, 3.8) is 0 Å². The molecular weight excluding hydrogens is 841 g/mol. The number of carboxylic acids is 1. The van der Waals surface area contributed by atoms with E-state index >= 15 is 0 Å². The number of ketones is 2. The Morgan fingerprint density at radius 2 is 1.80 bits per heavy atom. The minimum Gasteiger partial charge on any atom is -0.488 e. The number of fused-ring (bicyclic) bond motifs is 7. The van der Waals surface area contributed by atoms with E-state index in [1.807, 2.05) is 57.2 Å². The van der Waals surface area contributed by atoms with Gasteiger partial charge in [-0.2, -0.15) is 0 Å². The first kappa shape index (κ1) is 46.3. The number of alkyl halides is 2. The Balaban J connectivity index is 0.000000212. The quantitative estimate of drug-likeness (QED) is 0.158. The van der Waals surface area contributed by atoms with Crippen LogP contribution in [0.3, 0.4) is 0 Å². The van der Waals surface area contributed by atoms with Crippen LogP contribution in [0.25, 0.3) is 5.57 Å². The van der Waals surface area contributed by atoms with Crippen LogP contribution in [0.2, 0.25) is 0 Å². The van der Waals surface area contributed by atoms with E-state index in [9.17, 15) is 24.3 Å². The number of esters is 1. The molecule has 0 amide bonds. The highest BCUT2D eigenvalue weighted by atomic mass is 35.5. The lowest BCUT2D eigenvalue weighted by Gasteiger charge is -2.64. The number of halogens is 3. The fourth-order valence-electron chi connectivity index (χ4n) is 11.2. The predicted octanol–water partition coefficient (Wildman–Crippen LogP) is 8.88. The number of aliphatic carboxylic acids is 1. The summed E-state index contributed by atoms with van der Waals surface area (Å²) in [5.74, 6) is -2.14. The van der Waals surface area contributed by atoms with Crippen LogP contribution < -0.4 is 4.74 Å². The van der Waals surface area contributed by atoms with Crippen LogP contribution in [0.15, 0.2) is 95.2 Å². The largest absolute Gasteiger partial charge is 0.488 e. The molecule has 8 atom stereocenters. The number of carbonyl (C=O) groups is 4. The fourth-order valence-corrected chi connectivity index (χ4v) is 11.9. The van der Waals surface area contributed by atoms with Gasteiger partial charge in [0.2, 0.25) is 5.76 Å². The van der Waals surface area contributed by atoms with Crippen molar-refractivity contribution in [3.05, 3.63) is 119 Å². The van der Waals surface area contributed by atoms with Gasteiger partial charge in [-0.1, -0.05) is 68.8 Å². The molecule has 0 spiro atoms. The SMILES string of the molecule is CN(C)CC/C=C1/c2ccccc2COc2ccc(CC(=O)O)cc21.C[C@@H]1C[C@H]2[C@@H]3CCC4=CC(=O)C=C[C@]4(C)[C@@]3(Cl)[C@@H](O)C[C@]2(C)[C@@]1(OC(=O)c1ccco1)C(=O)CCl.Cl. The monoisotopic (exact) mass is 893 g/mol. The molecule has 4 aliphatic carbocycles. The number of carbonyl (C=O) groups excluding carboxylic acids is 3. The molecule has 2 N–H and O–H groups in total. The zero-order valence-electron chi connectivity index (χ0n) is 35.1. The standard InChI is InChI=1S/C27H30Cl2O6.C21H23NO3.ClH/c1-15-11-19-18-7-6-16-12-17(30)8-9-24(16,2)26(18,29)21(31)13-25(19,3)27(15,22(32)14-28)35-23(33)20-5-4-10-34-20;1-22(2)11-5-8-18-17-7-4-3-6-16(17)14-25-20-10-9-15(12-19(18)20)13-21(23)24;/h4-5,8-10,12,15,18-19,21,31H,6-7,11,13-14H2,1-3H3;3-4,6-10,12H,5,11,13-14H2,1-2H3,(H,23,24);1H/b;18-8-;/t15-,18+,19+,21+,24+,25+,26+,27+;;/m1../s1. The Labute approximate surface area is 373 Å². The van der Waals surface area contributed by atoms with E-state index in [0.29, 0.717) is 25.9 Å². The highest BCUT2D eigenvalue weighted by Gasteiger charge is 2.76. The molecule has 13 heteroatoms. The van der Waals surface area contributed by atoms with Gasteiger partial charge in [0.05, 0.1) is 29.5 Å². The number of aliphatic hydroxyl groups excluding tert-OH is 1. The number of hydrogen-bond donors (Lipinski definition) is 2. The number of Topliss-reactive ketones (excluding diaryl/α,β-unsaturated/α-hetero) is 1.